The Bertz CT molecular complexity index is 439. The number of nitrogens with zero attached hydrogens (tertiary/aromatic N) is 1. The smallest absolute Gasteiger partial charge is 0.155 e. The van der Waals surface area contributed by atoms with Gasteiger partial charge in [-0.05, 0) is 31.1 Å². The number of nitrogens with two attached hydrogens (primary N) is 1. The molecular formula is C12H15ClN2OS. The summed E-state index contributed by atoms with van der Waals surface area (Å²) in [6.07, 6.45) is 6.56. The van der Waals surface area contributed by atoms with E-state index in [0.29, 0.717) is 6.04 Å². The van der Waals surface area contributed by atoms with Crippen molar-refractivity contribution in [1.29, 1.82) is 0 Å². The van der Waals surface area contributed by atoms with E-state index in [0.717, 1.165) is 14.9 Å². The Morgan fingerprint density at radius 3 is 2.76 bits per heavy atom. The van der Waals surface area contributed by atoms with E-state index < -0.39 is 0 Å². The first-order valence-corrected chi connectivity index (χ1v) is 7.12. The summed E-state index contributed by atoms with van der Waals surface area (Å²) in [5.41, 5.74) is 6.94. The number of rotatable bonds is 2. The normalized spacial score (nSPS) is 25.6. The summed E-state index contributed by atoms with van der Waals surface area (Å²) in [5, 5.41) is 2.00. The van der Waals surface area contributed by atoms with Crippen LogP contribution >= 0.6 is 22.9 Å². The molecule has 1 aliphatic heterocycles. The highest BCUT2D eigenvalue weighted by Gasteiger charge is 2.32. The predicted molar refractivity (Wildman–Crippen MR) is 70.5 cm³/mol. The lowest BCUT2D eigenvalue weighted by atomic mass is 10.2. The number of hydrogen-bond donors (Lipinski definition) is 1. The van der Waals surface area contributed by atoms with Gasteiger partial charge in [-0.25, -0.2) is 5.06 Å². The fourth-order valence-corrected chi connectivity index (χ4v) is 3.57. The molecule has 0 saturated heterocycles. The van der Waals surface area contributed by atoms with Crippen LogP contribution in [0.1, 0.15) is 30.6 Å². The Kier molecular flexibility index (Phi) is 3.13. The summed E-state index contributed by atoms with van der Waals surface area (Å²) in [5.74, 6) is 0. The van der Waals surface area contributed by atoms with Crippen molar-refractivity contribution in [3.63, 3.8) is 0 Å². The van der Waals surface area contributed by atoms with Gasteiger partial charge in [0, 0.05) is 0 Å². The van der Waals surface area contributed by atoms with Gasteiger partial charge in [0.05, 0.1) is 21.0 Å². The summed E-state index contributed by atoms with van der Waals surface area (Å²) in [6.45, 7) is 0. The maximum Gasteiger partial charge on any atom is 0.155 e. The molecule has 5 heteroatoms. The van der Waals surface area contributed by atoms with Crippen LogP contribution < -0.4 is 5.73 Å². The molecule has 0 bridgehead atoms. The van der Waals surface area contributed by atoms with Crippen molar-refractivity contribution >= 4 is 28.6 Å². The highest BCUT2D eigenvalue weighted by molar-refractivity contribution is 7.17. The zero-order valence-corrected chi connectivity index (χ0v) is 11.0. The lowest BCUT2D eigenvalue weighted by molar-refractivity contribution is -0.144. The van der Waals surface area contributed by atoms with Crippen LogP contribution in [0.5, 0.6) is 0 Å². The third kappa shape index (κ3) is 2.22. The molecule has 3 nitrogen and oxygen atoms in total. The monoisotopic (exact) mass is 270 g/mol. The molecule has 0 spiro atoms. The van der Waals surface area contributed by atoms with E-state index in [1.165, 1.54) is 25.7 Å². The molecule has 2 heterocycles. The van der Waals surface area contributed by atoms with Gasteiger partial charge >= 0.3 is 0 Å². The van der Waals surface area contributed by atoms with E-state index in [-0.39, 0.29) is 6.23 Å². The van der Waals surface area contributed by atoms with Crippen LogP contribution in [-0.2, 0) is 4.84 Å². The molecule has 1 aliphatic carbocycles. The van der Waals surface area contributed by atoms with E-state index in [1.807, 2.05) is 23.3 Å². The van der Waals surface area contributed by atoms with Crippen molar-refractivity contribution < 1.29 is 4.84 Å². The zero-order valence-electron chi connectivity index (χ0n) is 9.43. The average molecular weight is 271 g/mol. The third-order valence-corrected chi connectivity index (χ3v) is 4.53. The van der Waals surface area contributed by atoms with Gasteiger partial charge in [-0.1, -0.05) is 24.4 Å². The Labute approximate surface area is 110 Å². The van der Waals surface area contributed by atoms with E-state index in [9.17, 15) is 0 Å². The number of halogens is 1. The highest BCUT2D eigenvalue weighted by Crippen LogP contribution is 2.38. The molecule has 17 heavy (non-hydrogen) atoms. The number of thiophene rings is 1. The Morgan fingerprint density at radius 1 is 1.35 bits per heavy atom. The van der Waals surface area contributed by atoms with Crippen LogP contribution in [0.3, 0.4) is 0 Å². The molecule has 2 N–H and O–H groups in total. The molecule has 0 radical (unpaired) electrons. The Hall–Kier alpha value is -0.550. The quantitative estimate of drug-likeness (QED) is 0.897. The maximum atomic E-state index is 5.98. The largest absolute Gasteiger partial charge is 0.301 e. The lowest BCUT2D eigenvalue weighted by Crippen LogP contribution is -2.32. The topological polar surface area (TPSA) is 38.5 Å². The van der Waals surface area contributed by atoms with Gasteiger partial charge in [-0.2, -0.15) is 0 Å². The molecule has 1 atom stereocenters. The maximum absolute atomic E-state index is 5.98. The van der Waals surface area contributed by atoms with Gasteiger partial charge in [-0.3, -0.25) is 4.84 Å². The average Bonchev–Trinajstić information content (AvgIpc) is 2.96. The summed E-state index contributed by atoms with van der Waals surface area (Å²) >= 11 is 7.55. The highest BCUT2D eigenvalue weighted by atomic mass is 35.5. The minimum absolute atomic E-state index is 0.327. The van der Waals surface area contributed by atoms with Crippen LogP contribution in [-0.4, -0.2) is 17.3 Å². The van der Waals surface area contributed by atoms with Gasteiger partial charge in [0.2, 0.25) is 0 Å². The SMILES string of the molecule is NC1C=C(c2ccc(Cl)s2)N(C2CCCC2)O1. The first kappa shape index (κ1) is 11.5. The van der Waals surface area contributed by atoms with Crippen molar-refractivity contribution in [1.82, 2.24) is 5.06 Å². The molecule has 1 aromatic rings. The van der Waals surface area contributed by atoms with Crippen molar-refractivity contribution in [3.8, 4) is 0 Å². The van der Waals surface area contributed by atoms with Crippen LogP contribution in [0.25, 0.3) is 5.70 Å². The van der Waals surface area contributed by atoms with E-state index >= 15 is 0 Å². The Balaban J connectivity index is 1.87. The summed E-state index contributed by atoms with van der Waals surface area (Å²) in [4.78, 5) is 6.84. The van der Waals surface area contributed by atoms with E-state index in [2.05, 4.69) is 0 Å². The molecule has 92 valence electrons. The molecule has 0 aromatic carbocycles. The summed E-state index contributed by atoms with van der Waals surface area (Å²) < 4.78 is 0.799. The van der Waals surface area contributed by atoms with Crippen molar-refractivity contribution in [2.75, 3.05) is 0 Å². The van der Waals surface area contributed by atoms with Gasteiger partial charge in [0.15, 0.2) is 6.23 Å². The van der Waals surface area contributed by atoms with Gasteiger partial charge in [-0.15, -0.1) is 11.3 Å². The standard InChI is InChI=1S/C12H15ClN2OS/c13-11-6-5-10(17-11)9-7-12(14)16-15(9)8-3-1-2-4-8/h5-8,12H,1-4,14H2. The second-order valence-electron chi connectivity index (χ2n) is 4.49. The number of hydrogen-bond acceptors (Lipinski definition) is 4. The van der Waals surface area contributed by atoms with Crippen molar-refractivity contribution in [2.45, 2.75) is 38.0 Å². The fraction of sp³-hybridized carbons (Fsp3) is 0.500. The molecule has 1 unspecified atom stereocenters. The van der Waals surface area contributed by atoms with Crippen LogP contribution in [0, 0.1) is 0 Å². The van der Waals surface area contributed by atoms with Gasteiger partial charge in [0.1, 0.15) is 0 Å². The van der Waals surface area contributed by atoms with E-state index in [1.54, 1.807) is 11.3 Å². The second kappa shape index (κ2) is 4.61. The van der Waals surface area contributed by atoms with Crippen LogP contribution in [0.2, 0.25) is 4.34 Å². The minimum atomic E-state index is -0.327. The van der Waals surface area contributed by atoms with Gasteiger partial charge < -0.3 is 5.73 Å². The Morgan fingerprint density at radius 2 is 2.12 bits per heavy atom. The number of hydroxylamine groups is 2. The molecule has 0 amide bonds. The van der Waals surface area contributed by atoms with Crippen molar-refractivity contribution in [3.05, 3.63) is 27.4 Å². The van der Waals surface area contributed by atoms with Crippen molar-refractivity contribution in [2.24, 2.45) is 5.73 Å². The zero-order chi connectivity index (χ0) is 11.8. The molecule has 1 saturated carbocycles. The summed E-state index contributed by atoms with van der Waals surface area (Å²) in [6, 6.07) is 4.41. The minimum Gasteiger partial charge on any atom is -0.301 e. The molecule has 3 rings (SSSR count). The van der Waals surface area contributed by atoms with E-state index in [4.69, 9.17) is 22.2 Å². The lowest BCUT2D eigenvalue weighted by Gasteiger charge is -2.27. The predicted octanol–water partition coefficient (Wildman–Crippen LogP) is 3.22. The second-order valence-corrected chi connectivity index (χ2v) is 6.20. The molecule has 1 fully saturated rings. The van der Waals surface area contributed by atoms with Crippen LogP contribution in [0.15, 0.2) is 18.2 Å². The first-order chi connectivity index (χ1) is 8.24. The molecule has 2 aliphatic rings. The van der Waals surface area contributed by atoms with Gasteiger partial charge in [0.25, 0.3) is 0 Å². The molecular weight excluding hydrogens is 256 g/mol. The third-order valence-electron chi connectivity index (χ3n) is 3.28. The summed E-state index contributed by atoms with van der Waals surface area (Å²) in [7, 11) is 0. The van der Waals surface area contributed by atoms with Crippen LogP contribution in [0.4, 0.5) is 0 Å². The first-order valence-electron chi connectivity index (χ1n) is 5.93. The fourth-order valence-electron chi connectivity index (χ4n) is 2.51. The molecule has 1 aromatic heterocycles.